The smallest absolute Gasteiger partial charge is 0.228 e. The predicted octanol–water partition coefficient (Wildman–Crippen LogP) is 1.25. The molecule has 1 aliphatic heterocycles. The van der Waals surface area contributed by atoms with E-state index in [1.54, 1.807) is 12.3 Å². The Morgan fingerprint density at radius 2 is 2.06 bits per heavy atom. The Morgan fingerprint density at radius 3 is 2.62 bits per heavy atom. The Bertz CT molecular complexity index is 347. The van der Waals surface area contributed by atoms with Crippen molar-refractivity contribution in [1.82, 2.24) is 9.88 Å². The van der Waals surface area contributed by atoms with Crippen molar-refractivity contribution in [3.63, 3.8) is 0 Å². The van der Waals surface area contributed by atoms with Gasteiger partial charge in [-0.25, -0.2) is 0 Å². The summed E-state index contributed by atoms with van der Waals surface area (Å²) in [6, 6.07) is 3.59. The largest absolute Gasteiger partial charge is 0.397 e. The van der Waals surface area contributed by atoms with Crippen LogP contribution in [0.5, 0.6) is 0 Å². The lowest BCUT2D eigenvalue weighted by Crippen LogP contribution is -2.29. The lowest BCUT2D eigenvalue weighted by Gasteiger charge is -2.14. The Balaban J connectivity index is 0.00000128. The van der Waals surface area contributed by atoms with Gasteiger partial charge in [-0.2, -0.15) is 0 Å². The maximum atomic E-state index is 11.8. The molecule has 1 saturated heterocycles. The van der Waals surface area contributed by atoms with E-state index in [0.717, 1.165) is 31.6 Å². The van der Waals surface area contributed by atoms with Crippen LogP contribution >= 0.6 is 12.4 Å². The fourth-order valence-electron chi connectivity index (χ4n) is 1.77. The number of nitrogens with zero attached hydrogens (tertiary/aromatic N) is 2. The average molecular weight is 242 g/mol. The number of carbonyl (C=O) groups is 1. The van der Waals surface area contributed by atoms with E-state index >= 15 is 0 Å². The van der Waals surface area contributed by atoms with Gasteiger partial charge in [0.05, 0.1) is 18.3 Å². The first kappa shape index (κ1) is 12.8. The van der Waals surface area contributed by atoms with Gasteiger partial charge in [0.25, 0.3) is 0 Å². The van der Waals surface area contributed by atoms with Crippen molar-refractivity contribution in [3.05, 3.63) is 24.0 Å². The highest BCUT2D eigenvalue weighted by Gasteiger charge is 2.18. The number of amides is 1. The molecular weight excluding hydrogens is 226 g/mol. The highest BCUT2D eigenvalue weighted by Crippen LogP contribution is 2.10. The minimum absolute atomic E-state index is 0. The van der Waals surface area contributed by atoms with Crippen molar-refractivity contribution in [2.75, 3.05) is 18.8 Å². The summed E-state index contributed by atoms with van der Waals surface area (Å²) in [6.07, 6.45) is 4.23. The summed E-state index contributed by atoms with van der Waals surface area (Å²) < 4.78 is 0. The number of nitrogen functional groups attached to an aromatic ring is 1. The molecular formula is C11H16ClN3O. The van der Waals surface area contributed by atoms with Crippen molar-refractivity contribution in [3.8, 4) is 0 Å². The summed E-state index contributed by atoms with van der Waals surface area (Å²) in [6.45, 7) is 1.79. The molecule has 1 fully saturated rings. The Hall–Kier alpha value is -1.29. The van der Waals surface area contributed by atoms with Gasteiger partial charge in [-0.15, -0.1) is 12.4 Å². The van der Waals surface area contributed by atoms with Crippen LogP contribution in [0.2, 0.25) is 0 Å². The fourth-order valence-corrected chi connectivity index (χ4v) is 1.77. The zero-order valence-corrected chi connectivity index (χ0v) is 9.87. The maximum absolute atomic E-state index is 11.8. The highest BCUT2D eigenvalue weighted by atomic mass is 35.5. The molecule has 2 rings (SSSR count). The predicted molar refractivity (Wildman–Crippen MR) is 65.4 cm³/mol. The molecule has 0 unspecified atom stereocenters. The second kappa shape index (κ2) is 5.70. The molecule has 1 amide bonds. The Morgan fingerprint density at radius 1 is 1.38 bits per heavy atom. The fraction of sp³-hybridized carbons (Fsp3) is 0.455. The van der Waals surface area contributed by atoms with Gasteiger partial charge in [-0.3, -0.25) is 9.78 Å². The van der Waals surface area contributed by atoms with E-state index in [0.29, 0.717) is 12.1 Å². The van der Waals surface area contributed by atoms with Crippen LogP contribution in [0.3, 0.4) is 0 Å². The molecule has 0 aliphatic carbocycles. The average Bonchev–Trinajstić information content (AvgIpc) is 2.74. The molecule has 0 aromatic carbocycles. The SMILES string of the molecule is Cl.Nc1ccc(CC(=O)N2CCCC2)nc1. The van der Waals surface area contributed by atoms with Gasteiger partial charge < -0.3 is 10.6 Å². The molecule has 1 aromatic rings. The highest BCUT2D eigenvalue weighted by molar-refractivity contribution is 5.85. The van der Waals surface area contributed by atoms with Crippen molar-refractivity contribution in [2.45, 2.75) is 19.3 Å². The zero-order chi connectivity index (χ0) is 10.7. The molecule has 2 heterocycles. The second-order valence-electron chi connectivity index (χ2n) is 3.85. The van der Waals surface area contributed by atoms with E-state index in [1.165, 1.54) is 0 Å². The first-order valence-corrected chi connectivity index (χ1v) is 5.24. The Kier molecular flexibility index (Phi) is 4.55. The van der Waals surface area contributed by atoms with E-state index in [-0.39, 0.29) is 18.3 Å². The molecule has 5 heteroatoms. The third kappa shape index (κ3) is 3.10. The van der Waals surface area contributed by atoms with Gasteiger partial charge in [0.2, 0.25) is 5.91 Å². The molecule has 0 bridgehead atoms. The summed E-state index contributed by atoms with van der Waals surface area (Å²) in [7, 11) is 0. The number of aromatic nitrogens is 1. The third-order valence-electron chi connectivity index (χ3n) is 2.64. The molecule has 1 aromatic heterocycles. The number of pyridine rings is 1. The standard InChI is InChI=1S/C11H15N3O.ClH/c12-9-3-4-10(13-8-9)7-11(15)14-5-1-2-6-14;/h3-4,8H,1-2,5-7,12H2;1H. The Labute approximate surface area is 101 Å². The van der Waals surface area contributed by atoms with Crippen LogP contribution in [0, 0.1) is 0 Å². The minimum atomic E-state index is 0. The summed E-state index contributed by atoms with van der Waals surface area (Å²) in [5.41, 5.74) is 6.95. The van der Waals surface area contributed by atoms with E-state index < -0.39 is 0 Å². The summed E-state index contributed by atoms with van der Waals surface area (Å²) >= 11 is 0. The van der Waals surface area contributed by atoms with Gasteiger partial charge in [-0.1, -0.05) is 0 Å². The van der Waals surface area contributed by atoms with Crippen LogP contribution in [0.25, 0.3) is 0 Å². The molecule has 88 valence electrons. The van der Waals surface area contributed by atoms with Crippen LogP contribution in [-0.4, -0.2) is 28.9 Å². The topological polar surface area (TPSA) is 59.2 Å². The van der Waals surface area contributed by atoms with Crippen molar-refractivity contribution in [1.29, 1.82) is 0 Å². The van der Waals surface area contributed by atoms with Gasteiger partial charge >= 0.3 is 0 Å². The lowest BCUT2D eigenvalue weighted by molar-refractivity contribution is -0.129. The number of hydrogen-bond acceptors (Lipinski definition) is 3. The van der Waals surface area contributed by atoms with Crippen LogP contribution in [-0.2, 0) is 11.2 Å². The van der Waals surface area contributed by atoms with E-state index in [2.05, 4.69) is 4.98 Å². The molecule has 1 aliphatic rings. The van der Waals surface area contributed by atoms with E-state index in [9.17, 15) is 4.79 Å². The number of halogens is 1. The molecule has 0 atom stereocenters. The van der Waals surface area contributed by atoms with Gasteiger partial charge in [0.15, 0.2) is 0 Å². The minimum Gasteiger partial charge on any atom is -0.397 e. The van der Waals surface area contributed by atoms with E-state index in [4.69, 9.17) is 5.73 Å². The summed E-state index contributed by atoms with van der Waals surface area (Å²) in [5, 5.41) is 0. The molecule has 0 radical (unpaired) electrons. The van der Waals surface area contributed by atoms with Crippen LogP contribution in [0.15, 0.2) is 18.3 Å². The number of anilines is 1. The molecule has 4 nitrogen and oxygen atoms in total. The molecule has 0 spiro atoms. The van der Waals surface area contributed by atoms with Crippen molar-refractivity contribution >= 4 is 24.0 Å². The van der Waals surface area contributed by atoms with Gasteiger partial charge in [0.1, 0.15) is 0 Å². The summed E-state index contributed by atoms with van der Waals surface area (Å²) in [4.78, 5) is 17.8. The third-order valence-corrected chi connectivity index (χ3v) is 2.64. The first-order chi connectivity index (χ1) is 7.25. The van der Waals surface area contributed by atoms with Crippen molar-refractivity contribution < 1.29 is 4.79 Å². The zero-order valence-electron chi connectivity index (χ0n) is 9.06. The number of rotatable bonds is 2. The monoisotopic (exact) mass is 241 g/mol. The maximum Gasteiger partial charge on any atom is 0.228 e. The first-order valence-electron chi connectivity index (χ1n) is 5.24. The van der Waals surface area contributed by atoms with Crippen molar-refractivity contribution in [2.24, 2.45) is 0 Å². The molecule has 2 N–H and O–H groups in total. The van der Waals surface area contributed by atoms with Crippen LogP contribution < -0.4 is 5.73 Å². The van der Waals surface area contributed by atoms with Gasteiger partial charge in [0, 0.05) is 18.8 Å². The normalized spacial score (nSPS) is 14.6. The van der Waals surface area contributed by atoms with E-state index in [1.807, 2.05) is 11.0 Å². The molecule has 0 saturated carbocycles. The second-order valence-corrected chi connectivity index (χ2v) is 3.85. The number of hydrogen-bond donors (Lipinski definition) is 1. The van der Waals surface area contributed by atoms with Gasteiger partial charge in [-0.05, 0) is 25.0 Å². The number of nitrogens with two attached hydrogens (primary N) is 1. The lowest BCUT2D eigenvalue weighted by atomic mass is 10.2. The van der Waals surface area contributed by atoms with Crippen LogP contribution in [0.1, 0.15) is 18.5 Å². The number of likely N-dealkylation sites (tertiary alicyclic amines) is 1. The molecule has 16 heavy (non-hydrogen) atoms. The quantitative estimate of drug-likeness (QED) is 0.848. The summed E-state index contributed by atoms with van der Waals surface area (Å²) in [5.74, 6) is 0.171. The van der Waals surface area contributed by atoms with Crippen LogP contribution in [0.4, 0.5) is 5.69 Å². The number of carbonyl (C=O) groups excluding carboxylic acids is 1.